The lowest BCUT2D eigenvalue weighted by atomic mass is 9.99. The molecule has 0 N–H and O–H groups in total. The first kappa shape index (κ1) is 6.10. The predicted molar refractivity (Wildman–Crippen MR) is 36.6 cm³/mol. The summed E-state index contributed by atoms with van der Waals surface area (Å²) in [6.07, 6.45) is 6.99. The Hall–Kier alpha value is -1.03. The average molecular weight is 119 g/mol. The van der Waals surface area contributed by atoms with Crippen molar-refractivity contribution in [3.05, 3.63) is 23.8 Å². The summed E-state index contributed by atoms with van der Waals surface area (Å²) in [4.78, 5) is 0. The van der Waals surface area contributed by atoms with Crippen molar-refractivity contribution in [2.24, 2.45) is 5.92 Å². The van der Waals surface area contributed by atoms with Crippen LogP contribution in [0.1, 0.15) is 13.3 Å². The zero-order chi connectivity index (χ0) is 6.69. The van der Waals surface area contributed by atoms with Gasteiger partial charge in [-0.25, -0.2) is 0 Å². The number of nitrogens with zero attached hydrogens (tertiary/aromatic N) is 1. The van der Waals surface area contributed by atoms with Crippen molar-refractivity contribution in [3.63, 3.8) is 0 Å². The molecule has 0 amide bonds. The van der Waals surface area contributed by atoms with Crippen LogP contribution in [0.3, 0.4) is 0 Å². The molecular formula is C8H9N. The van der Waals surface area contributed by atoms with Gasteiger partial charge in [-0.3, -0.25) is 0 Å². The third-order valence-corrected chi connectivity index (χ3v) is 1.40. The molecule has 1 heteroatoms. The predicted octanol–water partition coefficient (Wildman–Crippen LogP) is 2.03. The lowest BCUT2D eigenvalue weighted by Gasteiger charge is -2.05. The molecule has 0 saturated heterocycles. The summed E-state index contributed by atoms with van der Waals surface area (Å²) in [5, 5.41) is 8.44. The Labute approximate surface area is 55.3 Å². The van der Waals surface area contributed by atoms with Crippen LogP contribution in [0.4, 0.5) is 0 Å². The van der Waals surface area contributed by atoms with Gasteiger partial charge in [0.2, 0.25) is 0 Å². The van der Waals surface area contributed by atoms with Gasteiger partial charge in [-0.2, -0.15) is 5.26 Å². The summed E-state index contributed by atoms with van der Waals surface area (Å²) in [6, 6.07) is 2.11. The van der Waals surface area contributed by atoms with E-state index in [-0.39, 0.29) is 0 Å². The third kappa shape index (κ3) is 1.43. The fourth-order valence-electron chi connectivity index (χ4n) is 0.914. The molecule has 1 atom stereocenters. The standard InChI is InChI=1S/C8H9N/c1-7-3-2-4-8(5-7)6-9/h2,4-5,7H,3H2,1H3/t7-/m1/s1. The quantitative estimate of drug-likeness (QED) is 0.478. The summed E-state index contributed by atoms with van der Waals surface area (Å²) < 4.78 is 0. The minimum absolute atomic E-state index is 0.546. The zero-order valence-electron chi connectivity index (χ0n) is 5.46. The smallest absolute Gasteiger partial charge is 0.0988 e. The third-order valence-electron chi connectivity index (χ3n) is 1.40. The van der Waals surface area contributed by atoms with Crippen LogP contribution >= 0.6 is 0 Å². The Morgan fingerprint density at radius 2 is 2.56 bits per heavy atom. The Morgan fingerprint density at radius 3 is 3.00 bits per heavy atom. The van der Waals surface area contributed by atoms with Crippen LogP contribution in [-0.4, -0.2) is 0 Å². The summed E-state index contributed by atoms with van der Waals surface area (Å²) in [5.74, 6) is 0.546. The molecule has 0 aromatic rings. The van der Waals surface area contributed by atoms with Gasteiger partial charge in [0.1, 0.15) is 0 Å². The molecule has 1 nitrogen and oxygen atoms in total. The molecule has 0 aromatic carbocycles. The van der Waals surface area contributed by atoms with Gasteiger partial charge in [-0.05, 0) is 18.4 Å². The van der Waals surface area contributed by atoms with Gasteiger partial charge in [0.15, 0.2) is 0 Å². The van der Waals surface area contributed by atoms with Crippen molar-refractivity contribution in [2.45, 2.75) is 13.3 Å². The van der Waals surface area contributed by atoms with Crippen LogP contribution in [-0.2, 0) is 0 Å². The van der Waals surface area contributed by atoms with E-state index in [4.69, 9.17) is 5.26 Å². The van der Waals surface area contributed by atoms with E-state index in [1.54, 1.807) is 0 Å². The molecule has 0 heterocycles. The SMILES string of the molecule is C[C@H]1C=C(C#N)C=CC1. The van der Waals surface area contributed by atoms with Crippen molar-refractivity contribution in [1.82, 2.24) is 0 Å². The van der Waals surface area contributed by atoms with Gasteiger partial charge < -0.3 is 0 Å². The number of hydrogen-bond acceptors (Lipinski definition) is 1. The van der Waals surface area contributed by atoms with E-state index in [0.29, 0.717) is 5.92 Å². The second-order valence-corrected chi connectivity index (χ2v) is 2.35. The van der Waals surface area contributed by atoms with Crippen LogP contribution in [0.5, 0.6) is 0 Å². The molecule has 1 aliphatic carbocycles. The van der Waals surface area contributed by atoms with Crippen molar-refractivity contribution in [3.8, 4) is 6.07 Å². The highest BCUT2D eigenvalue weighted by atomic mass is 14.2. The lowest BCUT2D eigenvalue weighted by molar-refractivity contribution is 0.732. The second-order valence-electron chi connectivity index (χ2n) is 2.35. The number of hydrogen-bond donors (Lipinski definition) is 0. The van der Waals surface area contributed by atoms with Gasteiger partial charge in [0.25, 0.3) is 0 Å². The minimum Gasteiger partial charge on any atom is -0.192 e. The summed E-state index contributed by atoms with van der Waals surface area (Å²) >= 11 is 0. The number of allylic oxidation sites excluding steroid dienone is 4. The fourth-order valence-corrected chi connectivity index (χ4v) is 0.914. The minimum atomic E-state index is 0.546. The highest BCUT2D eigenvalue weighted by molar-refractivity contribution is 5.35. The Morgan fingerprint density at radius 1 is 1.78 bits per heavy atom. The number of nitriles is 1. The van der Waals surface area contributed by atoms with Crippen molar-refractivity contribution < 1.29 is 0 Å². The maximum atomic E-state index is 8.44. The van der Waals surface area contributed by atoms with E-state index < -0.39 is 0 Å². The van der Waals surface area contributed by atoms with E-state index >= 15 is 0 Å². The monoisotopic (exact) mass is 119 g/mol. The zero-order valence-corrected chi connectivity index (χ0v) is 5.46. The van der Waals surface area contributed by atoms with E-state index in [1.807, 2.05) is 18.2 Å². The lowest BCUT2D eigenvalue weighted by Crippen LogP contribution is -1.92. The first-order valence-corrected chi connectivity index (χ1v) is 3.11. The Bertz CT molecular complexity index is 193. The van der Waals surface area contributed by atoms with Crippen LogP contribution in [0, 0.1) is 17.2 Å². The Kier molecular flexibility index (Phi) is 1.69. The average Bonchev–Trinajstić information content (AvgIpc) is 1.88. The molecule has 0 unspecified atom stereocenters. The fraction of sp³-hybridized carbons (Fsp3) is 0.375. The van der Waals surface area contributed by atoms with Crippen molar-refractivity contribution >= 4 is 0 Å². The van der Waals surface area contributed by atoms with Crippen LogP contribution in [0.15, 0.2) is 23.8 Å². The summed E-state index contributed by atoms with van der Waals surface area (Å²) in [7, 11) is 0. The molecule has 0 spiro atoms. The normalized spacial score (nSPS) is 24.9. The maximum absolute atomic E-state index is 8.44. The van der Waals surface area contributed by atoms with Crippen molar-refractivity contribution in [2.75, 3.05) is 0 Å². The first-order valence-electron chi connectivity index (χ1n) is 3.11. The molecule has 1 rings (SSSR count). The second kappa shape index (κ2) is 2.50. The van der Waals surface area contributed by atoms with E-state index in [0.717, 1.165) is 12.0 Å². The molecule has 0 aromatic heterocycles. The summed E-state index contributed by atoms with van der Waals surface area (Å²) in [5.41, 5.74) is 0.800. The van der Waals surface area contributed by atoms with E-state index in [1.165, 1.54) is 0 Å². The van der Waals surface area contributed by atoms with Crippen LogP contribution in [0.2, 0.25) is 0 Å². The highest BCUT2D eigenvalue weighted by Gasteiger charge is 2.01. The molecule has 0 radical (unpaired) electrons. The van der Waals surface area contributed by atoms with Gasteiger partial charge in [0.05, 0.1) is 6.07 Å². The van der Waals surface area contributed by atoms with Crippen LogP contribution in [0.25, 0.3) is 0 Å². The molecule has 1 aliphatic rings. The van der Waals surface area contributed by atoms with E-state index in [2.05, 4.69) is 13.0 Å². The maximum Gasteiger partial charge on any atom is 0.0988 e. The molecule has 46 valence electrons. The molecule has 9 heavy (non-hydrogen) atoms. The topological polar surface area (TPSA) is 23.8 Å². The van der Waals surface area contributed by atoms with Gasteiger partial charge in [0, 0.05) is 5.57 Å². The van der Waals surface area contributed by atoms with Crippen molar-refractivity contribution in [1.29, 1.82) is 5.26 Å². The van der Waals surface area contributed by atoms with Gasteiger partial charge >= 0.3 is 0 Å². The van der Waals surface area contributed by atoms with E-state index in [9.17, 15) is 0 Å². The Balaban J connectivity index is 2.74. The molecule has 0 aliphatic heterocycles. The molecule has 0 fully saturated rings. The molecule has 0 bridgehead atoms. The largest absolute Gasteiger partial charge is 0.192 e. The van der Waals surface area contributed by atoms with Gasteiger partial charge in [-0.15, -0.1) is 0 Å². The molecular weight excluding hydrogens is 110 g/mol. The number of rotatable bonds is 0. The van der Waals surface area contributed by atoms with Gasteiger partial charge in [-0.1, -0.05) is 19.1 Å². The molecule has 0 saturated carbocycles. The van der Waals surface area contributed by atoms with Crippen LogP contribution < -0.4 is 0 Å². The first-order chi connectivity index (χ1) is 4.33. The highest BCUT2D eigenvalue weighted by Crippen LogP contribution is 2.14. The summed E-state index contributed by atoms with van der Waals surface area (Å²) in [6.45, 7) is 2.11.